The van der Waals surface area contributed by atoms with Crippen LogP contribution in [0, 0.1) is 10.1 Å². The van der Waals surface area contributed by atoms with Crippen LogP contribution in [0.25, 0.3) is 0 Å². The van der Waals surface area contributed by atoms with Gasteiger partial charge in [-0.2, -0.15) is 0 Å². The van der Waals surface area contributed by atoms with Gasteiger partial charge in [-0.05, 0) is 12.5 Å². The third-order valence-corrected chi connectivity index (χ3v) is 3.08. The minimum Gasteiger partial charge on any atom is -0.467 e. The number of nitrogens with zero attached hydrogens (tertiary/aromatic N) is 1. The number of amides is 2. The molecule has 0 fully saturated rings. The molecule has 10 heteroatoms. The van der Waals surface area contributed by atoms with Gasteiger partial charge in [0.2, 0.25) is 0 Å². The lowest BCUT2D eigenvalue weighted by atomic mass is 10.1. The molecule has 2 N–H and O–H groups in total. The first-order valence-corrected chi connectivity index (χ1v) is 7.38. The van der Waals surface area contributed by atoms with Crippen molar-refractivity contribution in [1.82, 2.24) is 10.6 Å². The summed E-state index contributed by atoms with van der Waals surface area (Å²) in [4.78, 5) is 44.9. The van der Waals surface area contributed by atoms with Gasteiger partial charge in [0.05, 0.1) is 18.6 Å². The van der Waals surface area contributed by atoms with Gasteiger partial charge in [0, 0.05) is 18.6 Å². The van der Waals surface area contributed by atoms with Gasteiger partial charge in [0.1, 0.15) is 12.6 Å². The fraction of sp³-hybridized carbons (Fsp3) is 0.400. The Labute approximate surface area is 143 Å². The number of non-ortho nitro benzene ring substituents is 1. The number of nitro benzene ring substituents is 1. The second-order valence-electron chi connectivity index (χ2n) is 4.84. The number of ether oxygens (including phenoxy) is 2. The molecular formula is C15H19N3O7. The van der Waals surface area contributed by atoms with Gasteiger partial charge in [0.25, 0.3) is 5.69 Å². The third-order valence-electron chi connectivity index (χ3n) is 3.08. The number of carbonyl (C=O) groups is 3. The molecule has 1 aromatic rings. The highest BCUT2D eigenvalue weighted by Gasteiger charge is 2.22. The summed E-state index contributed by atoms with van der Waals surface area (Å²) < 4.78 is 9.29. The Balaban J connectivity index is 2.67. The second-order valence-corrected chi connectivity index (χ2v) is 4.84. The molecule has 0 spiro atoms. The lowest BCUT2D eigenvalue weighted by Crippen LogP contribution is -2.48. The molecule has 0 aliphatic carbocycles. The average Bonchev–Trinajstić information content (AvgIpc) is 2.59. The zero-order chi connectivity index (χ0) is 18.8. The molecular weight excluding hydrogens is 334 g/mol. The number of hydrogen-bond acceptors (Lipinski definition) is 7. The molecule has 1 atom stereocenters. The molecule has 0 bridgehead atoms. The normalized spacial score (nSPS) is 11.1. The van der Waals surface area contributed by atoms with Crippen LogP contribution in [0.2, 0.25) is 0 Å². The molecule has 0 aromatic heterocycles. The van der Waals surface area contributed by atoms with Crippen molar-refractivity contribution in [2.75, 3.05) is 20.3 Å². The monoisotopic (exact) mass is 353 g/mol. The van der Waals surface area contributed by atoms with Crippen LogP contribution in [-0.2, 0) is 25.5 Å². The molecule has 25 heavy (non-hydrogen) atoms. The van der Waals surface area contributed by atoms with E-state index in [0.717, 1.165) is 0 Å². The summed E-state index contributed by atoms with van der Waals surface area (Å²) in [5, 5.41) is 15.3. The van der Waals surface area contributed by atoms with Crippen molar-refractivity contribution in [3.05, 3.63) is 39.9 Å². The number of benzene rings is 1. The van der Waals surface area contributed by atoms with Gasteiger partial charge in [-0.15, -0.1) is 0 Å². The largest absolute Gasteiger partial charge is 0.467 e. The van der Waals surface area contributed by atoms with E-state index in [-0.39, 0.29) is 25.3 Å². The number of esters is 2. The first kappa shape index (κ1) is 19.9. The molecule has 0 heterocycles. The van der Waals surface area contributed by atoms with Crippen LogP contribution in [0.15, 0.2) is 24.3 Å². The van der Waals surface area contributed by atoms with Crippen molar-refractivity contribution in [2.24, 2.45) is 0 Å². The molecule has 0 saturated heterocycles. The highest BCUT2D eigenvalue weighted by molar-refractivity contribution is 5.85. The molecule has 10 nitrogen and oxygen atoms in total. The van der Waals surface area contributed by atoms with Crippen molar-refractivity contribution in [2.45, 2.75) is 19.4 Å². The van der Waals surface area contributed by atoms with E-state index < -0.39 is 28.9 Å². The van der Waals surface area contributed by atoms with Gasteiger partial charge >= 0.3 is 18.0 Å². The Kier molecular flexibility index (Phi) is 7.83. The summed E-state index contributed by atoms with van der Waals surface area (Å²) in [7, 11) is 1.17. The van der Waals surface area contributed by atoms with Crippen LogP contribution >= 0.6 is 0 Å². The third kappa shape index (κ3) is 6.85. The summed E-state index contributed by atoms with van der Waals surface area (Å²) in [6.07, 6.45) is 0.0670. The van der Waals surface area contributed by atoms with Crippen molar-refractivity contribution in [3.63, 3.8) is 0 Å². The van der Waals surface area contributed by atoms with Crippen molar-refractivity contribution < 1.29 is 28.8 Å². The number of urea groups is 1. The summed E-state index contributed by atoms with van der Waals surface area (Å²) in [6.45, 7) is 1.48. The fourth-order valence-corrected chi connectivity index (χ4v) is 1.90. The maximum absolute atomic E-state index is 11.8. The van der Waals surface area contributed by atoms with Crippen LogP contribution in [0.1, 0.15) is 12.5 Å². The summed E-state index contributed by atoms with van der Waals surface area (Å²) in [5.41, 5.74) is 0.505. The minimum absolute atomic E-state index is 0.0670. The number of carbonyl (C=O) groups excluding carboxylic acids is 3. The van der Waals surface area contributed by atoms with Crippen molar-refractivity contribution in [3.8, 4) is 0 Å². The summed E-state index contributed by atoms with van der Waals surface area (Å²) in [5.74, 6) is -1.30. The Morgan fingerprint density at radius 1 is 1.24 bits per heavy atom. The van der Waals surface area contributed by atoms with E-state index in [4.69, 9.17) is 0 Å². The van der Waals surface area contributed by atoms with E-state index in [1.807, 2.05) is 0 Å². The topological polar surface area (TPSA) is 137 Å². The molecule has 136 valence electrons. The molecule has 0 radical (unpaired) electrons. The van der Waals surface area contributed by atoms with Gasteiger partial charge in [0.15, 0.2) is 0 Å². The van der Waals surface area contributed by atoms with E-state index in [9.17, 15) is 24.5 Å². The van der Waals surface area contributed by atoms with Gasteiger partial charge in [-0.25, -0.2) is 9.59 Å². The second kappa shape index (κ2) is 9.85. The number of rotatable bonds is 8. The van der Waals surface area contributed by atoms with Gasteiger partial charge in [-0.1, -0.05) is 12.1 Å². The number of hydrogen-bond donors (Lipinski definition) is 2. The Hall–Kier alpha value is -3.17. The van der Waals surface area contributed by atoms with E-state index in [1.54, 1.807) is 6.92 Å². The van der Waals surface area contributed by atoms with Crippen LogP contribution in [0.4, 0.5) is 10.5 Å². The van der Waals surface area contributed by atoms with E-state index >= 15 is 0 Å². The Morgan fingerprint density at radius 2 is 1.88 bits per heavy atom. The first-order chi connectivity index (χ1) is 11.9. The van der Waals surface area contributed by atoms with E-state index in [1.165, 1.54) is 31.4 Å². The van der Waals surface area contributed by atoms with Crippen LogP contribution in [0.3, 0.4) is 0 Å². The Morgan fingerprint density at radius 3 is 2.40 bits per heavy atom. The van der Waals surface area contributed by atoms with Crippen molar-refractivity contribution >= 4 is 23.7 Å². The predicted molar refractivity (Wildman–Crippen MR) is 85.8 cm³/mol. The highest BCUT2D eigenvalue weighted by Crippen LogP contribution is 2.13. The lowest BCUT2D eigenvalue weighted by molar-refractivity contribution is -0.384. The fourth-order valence-electron chi connectivity index (χ4n) is 1.90. The van der Waals surface area contributed by atoms with Crippen LogP contribution in [0.5, 0.6) is 0 Å². The summed E-state index contributed by atoms with van der Waals surface area (Å²) >= 11 is 0. The highest BCUT2D eigenvalue weighted by atomic mass is 16.6. The minimum atomic E-state index is -1.02. The predicted octanol–water partition coefficient (Wildman–Crippen LogP) is 0.541. The van der Waals surface area contributed by atoms with E-state index in [2.05, 4.69) is 20.1 Å². The molecule has 2 amide bonds. The van der Waals surface area contributed by atoms with Crippen LogP contribution in [-0.4, -0.2) is 49.2 Å². The summed E-state index contributed by atoms with van der Waals surface area (Å²) in [6, 6.07) is 3.78. The van der Waals surface area contributed by atoms with E-state index in [0.29, 0.717) is 5.56 Å². The molecule has 0 saturated carbocycles. The molecule has 0 aliphatic heterocycles. The van der Waals surface area contributed by atoms with Gasteiger partial charge in [-0.3, -0.25) is 14.9 Å². The smallest absolute Gasteiger partial charge is 0.328 e. The maximum Gasteiger partial charge on any atom is 0.328 e. The lowest BCUT2D eigenvalue weighted by Gasteiger charge is -2.17. The average molecular weight is 353 g/mol. The molecule has 0 aliphatic rings. The SMILES string of the molecule is CCOC(=O)CNC(=O)NC(Cc1ccc([N+](=O)[O-])cc1)C(=O)OC. The number of nitrogens with one attached hydrogen (secondary N) is 2. The standard InChI is InChI=1S/C15H19N3O7/c1-3-25-13(19)9-16-15(21)17-12(14(20)24-2)8-10-4-6-11(7-5-10)18(22)23/h4-7,12H,3,8-9H2,1-2H3,(H2,16,17,21). The molecule has 1 aromatic carbocycles. The van der Waals surface area contributed by atoms with Crippen LogP contribution < -0.4 is 10.6 Å². The zero-order valence-corrected chi connectivity index (χ0v) is 13.8. The molecule has 1 unspecified atom stereocenters. The van der Waals surface area contributed by atoms with Gasteiger partial charge < -0.3 is 20.1 Å². The Bertz CT molecular complexity index is 631. The first-order valence-electron chi connectivity index (χ1n) is 7.38. The zero-order valence-electron chi connectivity index (χ0n) is 13.8. The molecule has 1 rings (SSSR count). The number of methoxy groups -OCH3 is 1. The number of nitro groups is 1. The quantitative estimate of drug-likeness (QED) is 0.395. The van der Waals surface area contributed by atoms with Crippen molar-refractivity contribution in [1.29, 1.82) is 0 Å². The maximum atomic E-state index is 11.8.